The van der Waals surface area contributed by atoms with E-state index in [-0.39, 0.29) is 0 Å². The number of imidazole rings is 2. The standard InChI is InChI=1S/C16H14N4OS/c21-22(9-15-17-11-5-1-2-6-12(11)18-15)10-16-19-13-7-3-4-8-14(13)20-16/h1-8H,9-10H2,(H,17,18)(H,19,20). The first-order chi connectivity index (χ1) is 10.8. The van der Waals surface area contributed by atoms with Gasteiger partial charge in [-0.1, -0.05) is 24.3 Å². The molecule has 4 aromatic rings. The summed E-state index contributed by atoms with van der Waals surface area (Å²) in [6, 6.07) is 15.6. The Morgan fingerprint density at radius 2 is 1.23 bits per heavy atom. The molecule has 110 valence electrons. The van der Waals surface area contributed by atoms with E-state index in [0.717, 1.165) is 33.7 Å². The molecule has 0 aliphatic heterocycles. The SMILES string of the molecule is O=S(Cc1nc2ccccc2[nH]1)Cc1nc2ccccc2[nH]1. The molecule has 2 aromatic heterocycles. The lowest BCUT2D eigenvalue weighted by molar-refractivity contribution is 0.680. The van der Waals surface area contributed by atoms with Crippen molar-refractivity contribution in [1.29, 1.82) is 0 Å². The maximum Gasteiger partial charge on any atom is 0.119 e. The summed E-state index contributed by atoms with van der Waals surface area (Å²) in [5.41, 5.74) is 3.74. The van der Waals surface area contributed by atoms with Crippen LogP contribution in [0.3, 0.4) is 0 Å². The Morgan fingerprint density at radius 3 is 1.68 bits per heavy atom. The Morgan fingerprint density at radius 1 is 0.773 bits per heavy atom. The van der Waals surface area contributed by atoms with E-state index in [1.54, 1.807) is 0 Å². The molecule has 2 N–H and O–H groups in total. The number of nitrogens with one attached hydrogen (secondary N) is 2. The predicted octanol–water partition coefficient (Wildman–Crippen LogP) is 2.89. The van der Waals surface area contributed by atoms with Crippen LogP contribution in [0, 0.1) is 0 Å². The molecule has 0 aliphatic rings. The van der Waals surface area contributed by atoms with Crippen LogP contribution in [0.2, 0.25) is 0 Å². The van der Waals surface area contributed by atoms with Crippen LogP contribution in [0.1, 0.15) is 11.6 Å². The summed E-state index contributed by atoms with van der Waals surface area (Å²) >= 11 is 0. The van der Waals surface area contributed by atoms with Crippen LogP contribution >= 0.6 is 0 Å². The number of hydrogen-bond donors (Lipinski definition) is 2. The average Bonchev–Trinajstić information content (AvgIpc) is 3.08. The van der Waals surface area contributed by atoms with Crippen LogP contribution in [0.25, 0.3) is 22.1 Å². The number of nitrogens with zero attached hydrogens (tertiary/aromatic N) is 2. The number of H-pyrrole nitrogens is 2. The highest BCUT2D eigenvalue weighted by Gasteiger charge is 2.10. The van der Waals surface area contributed by atoms with Crippen molar-refractivity contribution in [1.82, 2.24) is 19.9 Å². The highest BCUT2D eigenvalue weighted by atomic mass is 32.2. The minimum absolute atomic E-state index is 0.395. The number of hydrogen-bond acceptors (Lipinski definition) is 3. The number of aromatic nitrogens is 4. The van der Waals surface area contributed by atoms with Gasteiger partial charge in [-0.2, -0.15) is 0 Å². The Bertz CT molecular complexity index is 828. The van der Waals surface area contributed by atoms with E-state index >= 15 is 0 Å². The second kappa shape index (κ2) is 5.38. The van der Waals surface area contributed by atoms with Gasteiger partial charge < -0.3 is 9.97 Å². The zero-order chi connectivity index (χ0) is 14.9. The Balaban J connectivity index is 1.52. The van der Waals surface area contributed by atoms with Gasteiger partial charge in [0.1, 0.15) is 11.6 Å². The van der Waals surface area contributed by atoms with Crippen LogP contribution < -0.4 is 0 Å². The summed E-state index contributed by atoms with van der Waals surface area (Å²) in [6.07, 6.45) is 0. The van der Waals surface area contributed by atoms with E-state index in [9.17, 15) is 4.21 Å². The first kappa shape index (κ1) is 13.2. The number of rotatable bonds is 4. The normalized spacial score (nSPS) is 11.7. The molecule has 0 unspecified atom stereocenters. The molecule has 0 amide bonds. The van der Waals surface area contributed by atoms with Gasteiger partial charge in [0.05, 0.1) is 33.6 Å². The molecule has 0 fully saturated rings. The van der Waals surface area contributed by atoms with Gasteiger partial charge in [-0.05, 0) is 24.3 Å². The molecule has 4 rings (SSSR count). The predicted molar refractivity (Wildman–Crippen MR) is 87.7 cm³/mol. The second-order valence-corrected chi connectivity index (χ2v) is 6.59. The lowest BCUT2D eigenvalue weighted by atomic mass is 10.3. The van der Waals surface area contributed by atoms with Crippen molar-refractivity contribution >= 4 is 32.9 Å². The van der Waals surface area contributed by atoms with Crippen molar-refractivity contribution < 1.29 is 4.21 Å². The van der Waals surface area contributed by atoms with Crippen molar-refractivity contribution in [2.75, 3.05) is 0 Å². The number of fused-ring (bicyclic) bond motifs is 2. The van der Waals surface area contributed by atoms with Crippen molar-refractivity contribution in [3.05, 3.63) is 60.2 Å². The molecule has 0 aliphatic carbocycles. The summed E-state index contributed by atoms with van der Waals surface area (Å²) in [4.78, 5) is 15.3. The number of para-hydroxylation sites is 4. The first-order valence-corrected chi connectivity index (χ1v) is 8.49. The minimum Gasteiger partial charge on any atom is -0.341 e. The molecule has 2 heterocycles. The molecule has 2 aromatic carbocycles. The van der Waals surface area contributed by atoms with E-state index in [1.807, 2.05) is 48.5 Å². The van der Waals surface area contributed by atoms with E-state index < -0.39 is 10.8 Å². The maximum atomic E-state index is 12.3. The average molecular weight is 310 g/mol. The summed E-state index contributed by atoms with van der Waals surface area (Å²) in [6.45, 7) is 0. The second-order valence-electron chi connectivity index (χ2n) is 5.13. The molecular weight excluding hydrogens is 296 g/mol. The van der Waals surface area contributed by atoms with Crippen LogP contribution in [-0.4, -0.2) is 24.1 Å². The first-order valence-electron chi connectivity index (χ1n) is 7.00. The molecule has 0 saturated heterocycles. The summed E-state index contributed by atoms with van der Waals surface area (Å²) in [7, 11) is -1.06. The highest BCUT2D eigenvalue weighted by Crippen LogP contribution is 2.14. The van der Waals surface area contributed by atoms with Gasteiger partial charge in [0.15, 0.2) is 0 Å². The third-order valence-electron chi connectivity index (χ3n) is 3.47. The summed E-state index contributed by atoms with van der Waals surface area (Å²) in [5, 5.41) is 0. The Labute approximate surface area is 129 Å². The van der Waals surface area contributed by atoms with Crippen LogP contribution in [0.5, 0.6) is 0 Å². The molecule has 22 heavy (non-hydrogen) atoms. The Hall–Kier alpha value is -2.47. The molecule has 0 atom stereocenters. The lowest BCUT2D eigenvalue weighted by Crippen LogP contribution is -2.02. The molecule has 0 bridgehead atoms. The maximum absolute atomic E-state index is 12.3. The topological polar surface area (TPSA) is 74.4 Å². The van der Waals surface area contributed by atoms with Crippen molar-refractivity contribution in [3.63, 3.8) is 0 Å². The minimum atomic E-state index is -1.06. The van der Waals surface area contributed by atoms with Gasteiger partial charge in [-0.15, -0.1) is 0 Å². The van der Waals surface area contributed by atoms with Gasteiger partial charge in [0, 0.05) is 10.8 Å². The van der Waals surface area contributed by atoms with E-state index in [2.05, 4.69) is 19.9 Å². The molecule has 0 radical (unpaired) electrons. The highest BCUT2D eigenvalue weighted by molar-refractivity contribution is 7.83. The zero-order valence-electron chi connectivity index (χ0n) is 11.7. The van der Waals surface area contributed by atoms with Crippen LogP contribution in [-0.2, 0) is 22.3 Å². The van der Waals surface area contributed by atoms with Crippen LogP contribution in [0.4, 0.5) is 0 Å². The van der Waals surface area contributed by atoms with E-state index in [0.29, 0.717) is 11.5 Å². The number of aromatic amines is 2. The van der Waals surface area contributed by atoms with Gasteiger partial charge in [-0.25, -0.2) is 9.97 Å². The van der Waals surface area contributed by atoms with Crippen molar-refractivity contribution in [3.8, 4) is 0 Å². The quantitative estimate of drug-likeness (QED) is 0.608. The van der Waals surface area contributed by atoms with Crippen LogP contribution in [0.15, 0.2) is 48.5 Å². The molecule has 0 saturated carbocycles. The van der Waals surface area contributed by atoms with Gasteiger partial charge >= 0.3 is 0 Å². The van der Waals surface area contributed by atoms with E-state index in [4.69, 9.17) is 0 Å². The fourth-order valence-corrected chi connectivity index (χ4v) is 3.49. The van der Waals surface area contributed by atoms with Crippen molar-refractivity contribution in [2.45, 2.75) is 11.5 Å². The smallest absolute Gasteiger partial charge is 0.119 e. The monoisotopic (exact) mass is 310 g/mol. The molecule has 0 spiro atoms. The van der Waals surface area contributed by atoms with Gasteiger partial charge in [0.25, 0.3) is 0 Å². The molecular formula is C16H14N4OS. The lowest BCUT2D eigenvalue weighted by Gasteiger charge is -1.97. The van der Waals surface area contributed by atoms with Crippen molar-refractivity contribution in [2.24, 2.45) is 0 Å². The largest absolute Gasteiger partial charge is 0.341 e. The third kappa shape index (κ3) is 2.53. The summed E-state index contributed by atoms with van der Waals surface area (Å²) < 4.78 is 12.3. The molecule has 6 heteroatoms. The van der Waals surface area contributed by atoms with Gasteiger partial charge in [0.2, 0.25) is 0 Å². The van der Waals surface area contributed by atoms with E-state index in [1.165, 1.54) is 0 Å². The zero-order valence-corrected chi connectivity index (χ0v) is 12.6. The van der Waals surface area contributed by atoms with Gasteiger partial charge in [-0.3, -0.25) is 4.21 Å². The third-order valence-corrected chi connectivity index (χ3v) is 4.66. The Kier molecular flexibility index (Phi) is 3.23. The molecule has 5 nitrogen and oxygen atoms in total. The fourth-order valence-electron chi connectivity index (χ4n) is 2.50. The number of benzene rings is 2. The summed E-state index contributed by atoms with van der Waals surface area (Å²) in [5.74, 6) is 2.28. The fraction of sp³-hybridized carbons (Fsp3) is 0.125.